The third-order valence-corrected chi connectivity index (χ3v) is 11.1. The average molecular weight is 571 g/mol. The largest absolute Gasteiger partial charge is 0.481 e. The summed E-state index contributed by atoms with van der Waals surface area (Å²) >= 11 is 0. The highest BCUT2D eigenvalue weighted by Crippen LogP contribution is 2.65. The first-order valence-corrected chi connectivity index (χ1v) is 16.3. The van der Waals surface area contributed by atoms with Crippen molar-refractivity contribution in [2.24, 2.45) is 17.3 Å². The summed E-state index contributed by atoms with van der Waals surface area (Å²) in [5.74, 6) is 0.375. The van der Waals surface area contributed by atoms with E-state index in [9.17, 15) is 9.59 Å². The van der Waals surface area contributed by atoms with Crippen molar-refractivity contribution >= 4 is 18.9 Å². The number of rotatable bonds is 10. The Balaban J connectivity index is 1.20. The van der Waals surface area contributed by atoms with Gasteiger partial charge in [-0.15, -0.1) is 0 Å². The van der Waals surface area contributed by atoms with Crippen molar-refractivity contribution in [2.75, 3.05) is 0 Å². The van der Waals surface area contributed by atoms with Crippen molar-refractivity contribution in [3.63, 3.8) is 0 Å². The van der Waals surface area contributed by atoms with E-state index in [0.29, 0.717) is 18.3 Å². The molecule has 1 heterocycles. The molecule has 2 N–H and O–H groups in total. The summed E-state index contributed by atoms with van der Waals surface area (Å²) in [7, 11) is -0.482. The number of hydrogen-bond donors (Lipinski definition) is 2. The molecule has 42 heavy (non-hydrogen) atoms. The van der Waals surface area contributed by atoms with E-state index in [2.05, 4.69) is 50.5 Å². The highest BCUT2D eigenvalue weighted by Gasteiger charge is 2.68. The van der Waals surface area contributed by atoms with Gasteiger partial charge in [-0.3, -0.25) is 9.59 Å². The average Bonchev–Trinajstić information content (AvgIpc) is 3.36. The lowest BCUT2D eigenvalue weighted by molar-refractivity contribution is -0.199. The third-order valence-electron chi connectivity index (χ3n) is 11.1. The minimum Gasteiger partial charge on any atom is -0.404 e. The number of hydrogen-bond acceptors (Lipinski definition) is 4. The normalized spacial score (nSPS) is 30.3. The number of carbonyl (C=O) groups is 2. The number of aryl methyl sites for hydroxylation is 1. The van der Waals surface area contributed by atoms with Gasteiger partial charge in [0.1, 0.15) is 6.04 Å². The molecule has 0 aromatic heterocycles. The molecule has 7 heteroatoms. The van der Waals surface area contributed by atoms with Crippen molar-refractivity contribution < 1.29 is 18.9 Å². The summed E-state index contributed by atoms with van der Waals surface area (Å²) in [5.41, 5.74) is 3.27. The van der Waals surface area contributed by atoms with E-state index in [0.717, 1.165) is 56.1 Å². The maximum absolute atomic E-state index is 14.1. The number of carbonyl (C=O) groups excluding carboxylic acids is 2. The van der Waals surface area contributed by atoms with Gasteiger partial charge in [0.05, 0.1) is 23.6 Å². The highest BCUT2D eigenvalue weighted by atomic mass is 16.7. The Hall–Kier alpha value is -2.64. The van der Waals surface area contributed by atoms with Gasteiger partial charge in [0.25, 0.3) is 0 Å². The first-order chi connectivity index (χ1) is 20.2. The summed E-state index contributed by atoms with van der Waals surface area (Å²) in [6, 6.07) is 17.5. The van der Waals surface area contributed by atoms with Crippen molar-refractivity contribution in [3.8, 4) is 0 Å². The predicted octanol–water partition coefficient (Wildman–Crippen LogP) is 5.78. The molecule has 2 amide bonds. The molecule has 1 aliphatic heterocycles. The molecular weight excluding hydrogens is 523 g/mol. The molecule has 4 fully saturated rings. The molecule has 2 aromatic carbocycles. The summed E-state index contributed by atoms with van der Waals surface area (Å²) in [4.78, 5) is 27.8. The quantitative estimate of drug-likeness (QED) is 0.356. The fourth-order valence-electron chi connectivity index (χ4n) is 8.41. The Morgan fingerprint density at radius 1 is 1.02 bits per heavy atom. The summed E-state index contributed by atoms with van der Waals surface area (Å²) in [5, 5.41) is 6.49. The molecule has 1 saturated heterocycles. The summed E-state index contributed by atoms with van der Waals surface area (Å²) in [6.45, 7) is 9.11. The van der Waals surface area contributed by atoms with Crippen LogP contribution in [0.3, 0.4) is 0 Å². The zero-order valence-electron chi connectivity index (χ0n) is 25.7. The van der Waals surface area contributed by atoms with Crippen LogP contribution in [0.4, 0.5) is 0 Å². The Morgan fingerprint density at radius 2 is 1.79 bits per heavy atom. The van der Waals surface area contributed by atoms with Crippen LogP contribution >= 0.6 is 0 Å². The van der Waals surface area contributed by atoms with E-state index in [1.165, 1.54) is 12.0 Å². The fourth-order valence-corrected chi connectivity index (χ4v) is 8.41. The molecule has 2 unspecified atom stereocenters. The van der Waals surface area contributed by atoms with E-state index >= 15 is 0 Å². The molecule has 3 saturated carbocycles. The second-order valence-corrected chi connectivity index (χ2v) is 14.0. The van der Waals surface area contributed by atoms with E-state index in [1.807, 2.05) is 42.5 Å². The van der Waals surface area contributed by atoms with Crippen LogP contribution in [0.15, 0.2) is 54.6 Å². The van der Waals surface area contributed by atoms with E-state index < -0.39 is 13.2 Å². The third kappa shape index (κ3) is 5.43. The minimum atomic E-state index is -0.691. The Bertz CT molecular complexity index is 1280. The van der Waals surface area contributed by atoms with Gasteiger partial charge in [0.2, 0.25) is 11.8 Å². The zero-order chi connectivity index (χ0) is 29.5. The number of amides is 2. The first-order valence-electron chi connectivity index (χ1n) is 16.3. The van der Waals surface area contributed by atoms with Gasteiger partial charge in [0.15, 0.2) is 0 Å². The van der Waals surface area contributed by atoms with Crippen LogP contribution in [0.25, 0.3) is 0 Å². The van der Waals surface area contributed by atoms with Gasteiger partial charge in [-0.2, -0.15) is 0 Å². The van der Waals surface area contributed by atoms with Gasteiger partial charge in [-0.25, -0.2) is 0 Å². The van der Waals surface area contributed by atoms with Crippen LogP contribution < -0.4 is 10.6 Å². The second-order valence-electron chi connectivity index (χ2n) is 14.0. The fraction of sp³-hybridized carbons (Fsp3) is 0.600. The maximum atomic E-state index is 14.1. The monoisotopic (exact) mass is 570 g/mol. The second kappa shape index (κ2) is 11.8. The van der Waals surface area contributed by atoms with E-state index in [-0.39, 0.29) is 40.8 Å². The Labute approximate surface area is 251 Å². The minimum absolute atomic E-state index is 0.0616. The molecule has 6 nitrogen and oxygen atoms in total. The smallest absolute Gasteiger partial charge is 0.404 e. The van der Waals surface area contributed by atoms with Gasteiger partial charge in [-0.05, 0) is 79.4 Å². The lowest BCUT2D eigenvalue weighted by Crippen LogP contribution is -2.65. The summed E-state index contributed by atoms with van der Waals surface area (Å²) < 4.78 is 13.4. The number of nitrogens with one attached hydrogen (secondary N) is 2. The lowest BCUT2D eigenvalue weighted by Gasteiger charge is -2.64. The molecular formula is C35H47BN2O4. The van der Waals surface area contributed by atoms with Crippen LogP contribution in [0.1, 0.15) is 95.2 Å². The van der Waals surface area contributed by atoms with Crippen LogP contribution in [0, 0.1) is 17.3 Å². The number of fused-ring (bicyclic) bond motifs is 1. The molecule has 0 radical (unpaired) electrons. The molecule has 2 bridgehead atoms. The highest BCUT2D eigenvalue weighted by molar-refractivity contribution is 6.47. The van der Waals surface area contributed by atoms with Crippen LogP contribution in [-0.4, -0.2) is 42.6 Å². The van der Waals surface area contributed by atoms with E-state index in [4.69, 9.17) is 9.31 Å². The van der Waals surface area contributed by atoms with Crippen molar-refractivity contribution in [1.29, 1.82) is 0 Å². The molecule has 0 spiro atoms. The van der Waals surface area contributed by atoms with Crippen LogP contribution in [0.5, 0.6) is 0 Å². The molecule has 7 atom stereocenters. The molecule has 7 rings (SSSR count). The maximum Gasteiger partial charge on any atom is 0.481 e. The predicted molar refractivity (Wildman–Crippen MR) is 166 cm³/mol. The Morgan fingerprint density at radius 3 is 2.55 bits per heavy atom. The number of benzene rings is 2. The molecule has 2 aromatic rings. The van der Waals surface area contributed by atoms with E-state index in [1.54, 1.807) is 0 Å². The molecule has 5 aliphatic rings. The van der Waals surface area contributed by atoms with Crippen LogP contribution in [-0.2, 0) is 31.7 Å². The van der Waals surface area contributed by atoms with Gasteiger partial charge < -0.3 is 19.9 Å². The standard InChI is InChI=1S/C35H47BN2O4/c1-5-6-19-31(36-41-30-22-25-21-29(34(25,2)3)35(30,4)42-36)38-33(40)28(20-23-13-8-7-9-14-23)37-32(39)27-18-12-16-24-15-10-11-17-26(24)27/h7-11,13-15,17,25,27-31H,5-6,12,16,18-22H2,1-4H3,(H,37,39)(H,38,40)/t25?,27-,28-,29?,30+,31-,35+/m0/s1. The van der Waals surface area contributed by atoms with Crippen molar-refractivity contribution in [2.45, 2.75) is 115 Å². The van der Waals surface area contributed by atoms with Crippen molar-refractivity contribution in [3.05, 3.63) is 71.3 Å². The molecule has 4 aliphatic carbocycles. The van der Waals surface area contributed by atoms with Gasteiger partial charge in [-0.1, -0.05) is 88.2 Å². The van der Waals surface area contributed by atoms with Crippen molar-refractivity contribution in [1.82, 2.24) is 10.6 Å². The number of unbranched alkanes of at least 4 members (excludes halogenated alkanes) is 1. The Kier molecular flexibility index (Phi) is 8.27. The molecule has 224 valence electrons. The zero-order valence-corrected chi connectivity index (χ0v) is 25.7. The van der Waals surface area contributed by atoms with Gasteiger partial charge in [0, 0.05) is 6.42 Å². The van der Waals surface area contributed by atoms with Gasteiger partial charge >= 0.3 is 7.12 Å². The summed E-state index contributed by atoms with van der Waals surface area (Å²) in [6.07, 6.45) is 8.21. The topological polar surface area (TPSA) is 76.7 Å². The lowest BCUT2D eigenvalue weighted by atomic mass is 9.43. The van der Waals surface area contributed by atoms with Crippen LogP contribution in [0.2, 0.25) is 0 Å². The SMILES string of the molecule is CCCC[C@H](NC(=O)[C@H](Cc1ccccc1)NC(=O)[C@H]1CCCc2ccccc21)B1O[C@@H]2CC3CC(C3(C)C)[C@@]2(C)O1. The first kappa shape index (κ1) is 29.4.